The van der Waals surface area contributed by atoms with Gasteiger partial charge in [-0.1, -0.05) is 0 Å². The minimum Gasteiger partial charge on any atom is -0.465 e. The first-order valence-electron chi connectivity index (χ1n) is 8.17. The van der Waals surface area contributed by atoms with Crippen molar-refractivity contribution in [2.75, 3.05) is 12.4 Å². The van der Waals surface area contributed by atoms with Crippen molar-refractivity contribution in [3.8, 4) is 0 Å². The third-order valence-electron chi connectivity index (χ3n) is 4.50. The van der Waals surface area contributed by atoms with Gasteiger partial charge in [-0.2, -0.15) is 0 Å². The largest absolute Gasteiger partial charge is 0.465 e. The molecule has 0 aliphatic carbocycles. The molecule has 0 radical (unpaired) electrons. The number of hydrogen-bond donors (Lipinski definition) is 1. The van der Waals surface area contributed by atoms with Crippen molar-refractivity contribution in [3.63, 3.8) is 0 Å². The highest BCUT2D eigenvalue weighted by Crippen LogP contribution is 2.33. The van der Waals surface area contributed by atoms with Gasteiger partial charge in [-0.25, -0.2) is 9.78 Å². The first-order valence-corrected chi connectivity index (χ1v) is 9.81. The number of esters is 1. The Labute approximate surface area is 163 Å². The predicted molar refractivity (Wildman–Crippen MR) is 107 cm³/mol. The van der Waals surface area contributed by atoms with Crippen LogP contribution in [0.25, 0.3) is 10.2 Å². The molecule has 0 saturated carbocycles. The van der Waals surface area contributed by atoms with Gasteiger partial charge in [0.2, 0.25) is 5.91 Å². The van der Waals surface area contributed by atoms with E-state index in [1.807, 2.05) is 20.8 Å². The first kappa shape index (κ1) is 19.2. The smallest absolute Gasteiger partial charge is 0.341 e. The second kappa shape index (κ2) is 7.24. The van der Waals surface area contributed by atoms with E-state index in [2.05, 4.69) is 10.3 Å². The van der Waals surface area contributed by atoms with Gasteiger partial charge >= 0.3 is 5.97 Å². The zero-order chi connectivity index (χ0) is 19.9. The van der Waals surface area contributed by atoms with E-state index >= 15 is 0 Å². The molecule has 0 aromatic carbocycles. The number of nitrogens with zero attached hydrogens (tertiary/aromatic N) is 2. The summed E-state index contributed by atoms with van der Waals surface area (Å²) in [6.07, 6.45) is 1.38. The van der Waals surface area contributed by atoms with Gasteiger partial charge in [0, 0.05) is 9.75 Å². The van der Waals surface area contributed by atoms with Crippen molar-refractivity contribution in [1.29, 1.82) is 0 Å². The van der Waals surface area contributed by atoms with Crippen molar-refractivity contribution < 1.29 is 14.3 Å². The van der Waals surface area contributed by atoms with E-state index in [4.69, 9.17) is 4.74 Å². The summed E-state index contributed by atoms with van der Waals surface area (Å²) in [7, 11) is 1.30. The Balaban J connectivity index is 1.89. The van der Waals surface area contributed by atoms with Crippen LogP contribution in [0.4, 0.5) is 5.00 Å². The van der Waals surface area contributed by atoms with Crippen LogP contribution in [-0.4, -0.2) is 28.5 Å². The molecule has 27 heavy (non-hydrogen) atoms. The number of fused-ring (bicyclic) bond motifs is 1. The molecule has 1 amide bonds. The number of ether oxygens (including phenoxy) is 1. The van der Waals surface area contributed by atoms with Crippen LogP contribution in [0.1, 0.15) is 31.2 Å². The lowest BCUT2D eigenvalue weighted by Gasteiger charge is -2.08. The second-order valence-corrected chi connectivity index (χ2v) is 8.60. The fourth-order valence-corrected chi connectivity index (χ4v) is 4.82. The molecule has 3 rings (SSSR count). The fraction of sp³-hybridized carbons (Fsp3) is 0.333. The number of carbonyl (C=O) groups excluding carboxylic acids is 2. The van der Waals surface area contributed by atoms with Gasteiger partial charge in [0.15, 0.2) is 0 Å². The minimum absolute atomic E-state index is 0.188. The number of nitrogens with one attached hydrogen (secondary N) is 1. The van der Waals surface area contributed by atoms with Crippen molar-refractivity contribution in [3.05, 3.63) is 43.1 Å². The molecule has 0 unspecified atom stereocenters. The van der Waals surface area contributed by atoms with Gasteiger partial charge in [-0.15, -0.1) is 22.7 Å². The van der Waals surface area contributed by atoms with E-state index in [1.54, 1.807) is 6.92 Å². The SMILES string of the molecule is COC(=O)c1c(NC(=O)Cn2cnc3sc(C)c(C)c3c2=O)sc(C)c1C. The van der Waals surface area contributed by atoms with Crippen LogP contribution < -0.4 is 10.9 Å². The Kier molecular flexibility index (Phi) is 5.16. The molecular formula is C18H19N3O4S2. The molecule has 0 aliphatic rings. The van der Waals surface area contributed by atoms with Crippen molar-refractivity contribution in [2.24, 2.45) is 0 Å². The Morgan fingerprint density at radius 2 is 1.81 bits per heavy atom. The molecule has 0 bridgehead atoms. The van der Waals surface area contributed by atoms with Crippen LogP contribution in [0.3, 0.4) is 0 Å². The Morgan fingerprint density at radius 3 is 2.48 bits per heavy atom. The average molecular weight is 406 g/mol. The molecule has 3 aromatic rings. The molecule has 3 heterocycles. The van der Waals surface area contributed by atoms with Crippen molar-refractivity contribution in [1.82, 2.24) is 9.55 Å². The minimum atomic E-state index is -0.503. The maximum Gasteiger partial charge on any atom is 0.341 e. The molecule has 0 atom stereocenters. The van der Waals surface area contributed by atoms with Gasteiger partial charge < -0.3 is 10.1 Å². The summed E-state index contributed by atoms with van der Waals surface area (Å²) in [5, 5.41) is 3.69. The number of carbonyl (C=O) groups is 2. The lowest BCUT2D eigenvalue weighted by molar-refractivity contribution is -0.116. The molecule has 7 nitrogen and oxygen atoms in total. The van der Waals surface area contributed by atoms with Crippen molar-refractivity contribution >= 4 is 49.8 Å². The lowest BCUT2D eigenvalue weighted by atomic mass is 10.1. The van der Waals surface area contributed by atoms with Gasteiger partial charge in [-0.05, 0) is 38.8 Å². The van der Waals surface area contributed by atoms with Crippen LogP contribution >= 0.6 is 22.7 Å². The summed E-state index contributed by atoms with van der Waals surface area (Å²) < 4.78 is 6.09. The van der Waals surface area contributed by atoms with Crippen LogP contribution in [0, 0.1) is 27.7 Å². The monoisotopic (exact) mass is 405 g/mol. The van der Waals surface area contributed by atoms with Crippen LogP contribution in [-0.2, 0) is 16.1 Å². The Morgan fingerprint density at radius 1 is 1.15 bits per heavy atom. The fourth-order valence-electron chi connectivity index (χ4n) is 2.77. The highest BCUT2D eigenvalue weighted by atomic mass is 32.1. The van der Waals surface area contributed by atoms with Gasteiger partial charge in [0.1, 0.15) is 16.4 Å². The highest BCUT2D eigenvalue weighted by Gasteiger charge is 2.22. The van der Waals surface area contributed by atoms with E-state index in [0.29, 0.717) is 20.8 Å². The molecule has 142 valence electrons. The molecule has 1 N–H and O–H groups in total. The Hall–Kier alpha value is -2.52. The standard InChI is InChI=1S/C18H19N3O4S2/c1-8-10(3)26-15-13(8)17(23)21(7-19-15)6-12(22)20-16-14(18(24)25-5)9(2)11(4)27-16/h7H,6H2,1-5H3,(H,20,22). The number of hydrogen-bond acceptors (Lipinski definition) is 7. The summed E-state index contributed by atoms with van der Waals surface area (Å²) in [4.78, 5) is 44.1. The maximum absolute atomic E-state index is 12.7. The van der Waals surface area contributed by atoms with E-state index in [0.717, 1.165) is 20.9 Å². The maximum atomic E-state index is 12.7. The second-order valence-electron chi connectivity index (χ2n) is 6.17. The quantitative estimate of drug-likeness (QED) is 0.673. The van der Waals surface area contributed by atoms with Crippen LogP contribution in [0.5, 0.6) is 0 Å². The number of amides is 1. The molecule has 0 aliphatic heterocycles. The summed E-state index contributed by atoms with van der Waals surface area (Å²) in [5.74, 6) is -0.911. The average Bonchev–Trinajstić information content (AvgIpc) is 3.06. The number of anilines is 1. The Bertz CT molecular complexity index is 1120. The molecular weight excluding hydrogens is 386 g/mol. The van der Waals surface area contributed by atoms with Gasteiger partial charge in [0.25, 0.3) is 5.56 Å². The molecule has 0 saturated heterocycles. The number of rotatable bonds is 4. The third-order valence-corrected chi connectivity index (χ3v) is 6.74. The van der Waals surface area contributed by atoms with Gasteiger partial charge in [-0.3, -0.25) is 14.2 Å². The normalized spacial score (nSPS) is 11.0. The number of aromatic nitrogens is 2. The lowest BCUT2D eigenvalue weighted by Crippen LogP contribution is -2.28. The first-order chi connectivity index (χ1) is 12.7. The number of methoxy groups -OCH3 is 1. The van der Waals surface area contributed by atoms with E-state index in [9.17, 15) is 14.4 Å². The zero-order valence-corrected chi connectivity index (χ0v) is 17.3. The number of thiophene rings is 2. The van der Waals surface area contributed by atoms with Crippen LogP contribution in [0.15, 0.2) is 11.1 Å². The van der Waals surface area contributed by atoms with E-state index in [1.165, 1.54) is 40.7 Å². The van der Waals surface area contributed by atoms with Crippen LogP contribution in [0.2, 0.25) is 0 Å². The molecule has 0 spiro atoms. The summed E-state index contributed by atoms with van der Waals surface area (Å²) in [6, 6.07) is 0. The molecule has 0 fully saturated rings. The number of aryl methyl sites for hydroxylation is 3. The molecule has 9 heteroatoms. The molecule has 3 aromatic heterocycles. The van der Waals surface area contributed by atoms with Crippen molar-refractivity contribution in [2.45, 2.75) is 34.2 Å². The predicted octanol–water partition coefficient (Wildman–Crippen LogP) is 3.18. The summed E-state index contributed by atoms with van der Waals surface area (Å²) in [5.41, 5.74) is 1.76. The topological polar surface area (TPSA) is 90.3 Å². The highest BCUT2D eigenvalue weighted by molar-refractivity contribution is 7.18. The van der Waals surface area contributed by atoms with E-state index in [-0.39, 0.29) is 12.1 Å². The van der Waals surface area contributed by atoms with E-state index < -0.39 is 11.9 Å². The summed E-state index contributed by atoms with van der Waals surface area (Å²) in [6.45, 7) is 7.30. The van der Waals surface area contributed by atoms with Gasteiger partial charge in [0.05, 0.1) is 24.4 Å². The third kappa shape index (κ3) is 3.40. The summed E-state index contributed by atoms with van der Waals surface area (Å²) >= 11 is 2.76. The zero-order valence-electron chi connectivity index (χ0n) is 15.6.